The van der Waals surface area contributed by atoms with Gasteiger partial charge in [0, 0.05) is 5.02 Å². The van der Waals surface area contributed by atoms with E-state index < -0.39 is 17.0 Å². The number of amidine groups is 1. The predicted molar refractivity (Wildman–Crippen MR) is 70.1 cm³/mol. The maximum atomic E-state index is 12.8. The highest BCUT2D eigenvalue weighted by Gasteiger charge is 2.42. The van der Waals surface area contributed by atoms with Crippen LogP contribution in [-0.2, 0) is 0 Å². The topological polar surface area (TPSA) is 27.6 Å². The molecule has 1 aliphatic rings. The molecular formula is C11H10Cl2F3N3. The number of rotatable bonds is 1. The van der Waals surface area contributed by atoms with Gasteiger partial charge in [-0.25, -0.2) is 4.99 Å². The lowest BCUT2D eigenvalue weighted by molar-refractivity contribution is -0.0621. The van der Waals surface area contributed by atoms with Gasteiger partial charge >= 0.3 is 6.18 Å². The van der Waals surface area contributed by atoms with Gasteiger partial charge in [0.15, 0.2) is 0 Å². The van der Waals surface area contributed by atoms with Gasteiger partial charge in [-0.1, -0.05) is 23.2 Å². The molecule has 2 rings (SSSR count). The number of nitrogens with one attached hydrogen (secondary N) is 1. The molecule has 1 aliphatic heterocycles. The maximum Gasteiger partial charge on any atom is 0.450 e. The highest BCUT2D eigenvalue weighted by Crippen LogP contribution is 2.39. The smallest absolute Gasteiger partial charge is 0.276 e. The fraction of sp³-hybridized carbons (Fsp3) is 0.364. The Morgan fingerprint density at radius 1 is 1.26 bits per heavy atom. The molecule has 1 N–H and O–H groups in total. The number of anilines is 1. The summed E-state index contributed by atoms with van der Waals surface area (Å²) in [5.74, 6) is -1.11. The normalized spacial score (nSPS) is 15.7. The molecule has 1 heterocycles. The first-order valence-electron chi connectivity index (χ1n) is 5.30. The molecule has 3 nitrogen and oxygen atoms in total. The van der Waals surface area contributed by atoms with Crippen LogP contribution >= 0.6 is 23.2 Å². The number of halogens is 5. The molecule has 1 aromatic rings. The lowest BCUT2D eigenvalue weighted by Gasteiger charge is -2.39. The van der Waals surface area contributed by atoms with E-state index in [2.05, 4.69) is 10.4 Å². The van der Waals surface area contributed by atoms with E-state index in [4.69, 9.17) is 23.2 Å². The maximum absolute atomic E-state index is 12.8. The van der Waals surface area contributed by atoms with Crippen LogP contribution in [0.15, 0.2) is 23.2 Å². The summed E-state index contributed by atoms with van der Waals surface area (Å²) in [6.45, 7) is 3.12. The third-order valence-corrected chi connectivity index (χ3v) is 2.83. The van der Waals surface area contributed by atoms with Gasteiger partial charge in [-0.15, -0.1) is 0 Å². The molecule has 0 bridgehead atoms. The summed E-state index contributed by atoms with van der Waals surface area (Å²) in [6.07, 6.45) is -4.59. The minimum absolute atomic E-state index is 0.157. The van der Waals surface area contributed by atoms with Crippen molar-refractivity contribution < 1.29 is 13.2 Å². The van der Waals surface area contributed by atoms with E-state index in [1.165, 1.54) is 23.2 Å². The summed E-state index contributed by atoms with van der Waals surface area (Å²) in [7, 11) is 0. The summed E-state index contributed by atoms with van der Waals surface area (Å²) in [4.78, 5) is 2.45. The largest absolute Gasteiger partial charge is 0.450 e. The van der Waals surface area contributed by atoms with Gasteiger partial charge in [0.1, 0.15) is 5.00 Å². The Labute approximate surface area is 118 Å². The lowest BCUT2D eigenvalue weighted by Crippen LogP contribution is -2.56. The number of fused-ring (bicyclic) bond motifs is 1. The summed E-state index contributed by atoms with van der Waals surface area (Å²) >= 11 is 12.0. The van der Waals surface area contributed by atoms with E-state index in [1.54, 1.807) is 13.8 Å². The molecule has 0 aliphatic carbocycles. The van der Waals surface area contributed by atoms with Gasteiger partial charge in [-0.3, -0.25) is 10.4 Å². The average Bonchev–Trinajstić information content (AvgIpc) is 2.24. The fourth-order valence-corrected chi connectivity index (χ4v) is 1.93. The molecule has 1 aromatic carbocycles. The summed E-state index contributed by atoms with van der Waals surface area (Å²) in [6, 6.07) is 4.40. The molecule has 0 unspecified atom stereocenters. The molecule has 0 fully saturated rings. The average molecular weight is 312 g/mol. The molecule has 0 saturated carbocycles. The van der Waals surface area contributed by atoms with Crippen molar-refractivity contribution in [3.05, 3.63) is 23.2 Å². The van der Waals surface area contributed by atoms with Crippen molar-refractivity contribution in [1.82, 2.24) is 5.43 Å². The Balaban J connectivity index is 2.58. The molecular weight excluding hydrogens is 302 g/mol. The first-order valence-corrected chi connectivity index (χ1v) is 6.06. The van der Waals surface area contributed by atoms with Crippen LogP contribution in [0, 0.1) is 0 Å². The van der Waals surface area contributed by atoms with Gasteiger partial charge in [0.25, 0.3) is 0 Å². The molecule has 0 spiro atoms. The molecule has 8 heteroatoms. The zero-order chi connectivity index (χ0) is 14.4. The van der Waals surface area contributed by atoms with E-state index in [-0.39, 0.29) is 5.69 Å². The van der Waals surface area contributed by atoms with Gasteiger partial charge in [0.05, 0.1) is 11.4 Å². The zero-order valence-electron chi connectivity index (χ0n) is 10.0. The molecule has 0 amide bonds. The van der Waals surface area contributed by atoms with Crippen LogP contribution in [0.25, 0.3) is 0 Å². The number of hydrogen-bond donors (Lipinski definition) is 1. The van der Waals surface area contributed by atoms with Crippen LogP contribution in [0.4, 0.5) is 24.5 Å². The second kappa shape index (κ2) is 4.45. The highest BCUT2D eigenvalue weighted by atomic mass is 35.5. The van der Waals surface area contributed by atoms with Gasteiger partial charge in [-0.05, 0) is 32.0 Å². The van der Waals surface area contributed by atoms with Crippen LogP contribution < -0.4 is 10.4 Å². The standard InChI is InChI=1S/C11H10Cl2F3N3/c1-10(2,13)19-8-5-6(12)3-4-7(8)17-9(18-19)11(14,15)16/h3-5H,1-2H3,(H,17,18). The lowest BCUT2D eigenvalue weighted by atomic mass is 10.2. The second-order valence-electron chi connectivity index (χ2n) is 4.45. The summed E-state index contributed by atoms with van der Waals surface area (Å²) in [5.41, 5.74) is 2.73. The Hall–Kier alpha value is -1.14. The fourth-order valence-electron chi connectivity index (χ4n) is 1.63. The number of benzene rings is 1. The van der Waals surface area contributed by atoms with Gasteiger partial charge in [0.2, 0.25) is 5.84 Å². The van der Waals surface area contributed by atoms with Crippen molar-refractivity contribution in [2.75, 3.05) is 5.01 Å². The van der Waals surface area contributed by atoms with E-state index >= 15 is 0 Å². The number of nitrogens with zero attached hydrogens (tertiary/aromatic N) is 2. The third kappa shape index (κ3) is 2.90. The molecule has 0 atom stereocenters. The first kappa shape index (κ1) is 14.3. The molecule has 0 aromatic heterocycles. The summed E-state index contributed by atoms with van der Waals surface area (Å²) in [5, 5.41) is 1.57. The monoisotopic (exact) mass is 311 g/mol. The van der Waals surface area contributed by atoms with Crippen LogP contribution in [0.5, 0.6) is 0 Å². The van der Waals surface area contributed by atoms with Crippen molar-refractivity contribution in [2.24, 2.45) is 4.99 Å². The van der Waals surface area contributed by atoms with E-state index in [0.29, 0.717) is 10.7 Å². The van der Waals surface area contributed by atoms with Crippen LogP contribution in [0.3, 0.4) is 0 Å². The van der Waals surface area contributed by atoms with E-state index in [1.807, 2.05) is 0 Å². The van der Waals surface area contributed by atoms with Crippen molar-refractivity contribution in [2.45, 2.75) is 25.0 Å². The minimum atomic E-state index is -4.59. The second-order valence-corrected chi connectivity index (χ2v) is 5.81. The Morgan fingerprint density at radius 2 is 1.89 bits per heavy atom. The van der Waals surface area contributed by atoms with E-state index in [9.17, 15) is 13.2 Å². The zero-order valence-corrected chi connectivity index (χ0v) is 11.5. The molecule has 19 heavy (non-hydrogen) atoms. The number of aliphatic imine (C=N–C) groups is 1. The molecule has 0 radical (unpaired) electrons. The predicted octanol–water partition coefficient (Wildman–Crippen LogP) is 4.23. The van der Waals surface area contributed by atoms with Crippen molar-refractivity contribution in [1.29, 1.82) is 0 Å². The molecule has 0 saturated heterocycles. The number of alkyl halides is 4. The van der Waals surface area contributed by atoms with Crippen molar-refractivity contribution >= 4 is 40.4 Å². The third-order valence-electron chi connectivity index (χ3n) is 2.43. The van der Waals surface area contributed by atoms with Crippen molar-refractivity contribution in [3.63, 3.8) is 0 Å². The minimum Gasteiger partial charge on any atom is -0.276 e. The summed E-state index contributed by atoms with van der Waals surface area (Å²) < 4.78 is 38.4. The molecule has 104 valence electrons. The van der Waals surface area contributed by atoms with Crippen LogP contribution in [0.2, 0.25) is 5.02 Å². The van der Waals surface area contributed by atoms with E-state index in [0.717, 1.165) is 0 Å². The SMILES string of the molecule is CC(C)(Cl)N1NC(C(F)(F)F)=Nc2ccc(Cl)cc21. The Kier molecular flexibility index (Phi) is 3.35. The Bertz CT molecular complexity index is 535. The van der Waals surface area contributed by atoms with Gasteiger partial charge < -0.3 is 0 Å². The number of hydrazine groups is 1. The van der Waals surface area contributed by atoms with Crippen LogP contribution in [-0.4, -0.2) is 17.0 Å². The van der Waals surface area contributed by atoms with Crippen molar-refractivity contribution in [3.8, 4) is 0 Å². The van der Waals surface area contributed by atoms with Gasteiger partial charge in [-0.2, -0.15) is 13.2 Å². The highest BCUT2D eigenvalue weighted by molar-refractivity contribution is 6.31. The quantitative estimate of drug-likeness (QED) is 0.621. The van der Waals surface area contributed by atoms with Crippen LogP contribution in [0.1, 0.15) is 13.8 Å². The Morgan fingerprint density at radius 3 is 2.42 bits per heavy atom. The first-order chi connectivity index (χ1) is 8.59. The number of hydrogen-bond acceptors (Lipinski definition) is 3.